The highest BCUT2D eigenvalue weighted by Gasteiger charge is 2.57. The standard InChI is InChI=1S/C8H9F3N2O2/c9-8(10,11)6(15)13-3-7(4-13)2-12-1-5(7)14/h12H,1-4H2. The molecule has 2 heterocycles. The summed E-state index contributed by atoms with van der Waals surface area (Å²) < 4.78 is 36.0. The second kappa shape index (κ2) is 2.94. The lowest BCUT2D eigenvalue weighted by Gasteiger charge is -2.46. The molecule has 0 atom stereocenters. The number of rotatable bonds is 0. The Kier molecular flexibility index (Phi) is 2.04. The van der Waals surface area contributed by atoms with Crippen molar-refractivity contribution in [3.8, 4) is 0 Å². The quantitative estimate of drug-likeness (QED) is 0.604. The molecule has 0 radical (unpaired) electrons. The van der Waals surface area contributed by atoms with Crippen molar-refractivity contribution in [3.05, 3.63) is 0 Å². The Labute approximate surface area is 83.4 Å². The number of carbonyl (C=O) groups excluding carboxylic acids is 2. The van der Waals surface area contributed by atoms with Crippen LogP contribution in [0.5, 0.6) is 0 Å². The van der Waals surface area contributed by atoms with Crippen molar-refractivity contribution in [2.45, 2.75) is 6.18 Å². The maximum absolute atomic E-state index is 12.0. The summed E-state index contributed by atoms with van der Waals surface area (Å²) in [7, 11) is 0. The molecule has 2 rings (SSSR count). The molecule has 2 aliphatic rings. The second-order valence-electron chi connectivity index (χ2n) is 3.97. The van der Waals surface area contributed by atoms with Crippen LogP contribution in [0, 0.1) is 5.41 Å². The second-order valence-corrected chi connectivity index (χ2v) is 3.97. The zero-order valence-electron chi connectivity index (χ0n) is 7.73. The molecule has 0 aromatic heterocycles. The number of nitrogens with one attached hydrogen (secondary N) is 1. The fraction of sp³-hybridized carbons (Fsp3) is 0.750. The van der Waals surface area contributed by atoms with Crippen molar-refractivity contribution in [2.24, 2.45) is 5.41 Å². The van der Waals surface area contributed by atoms with E-state index in [-0.39, 0.29) is 25.4 Å². The van der Waals surface area contributed by atoms with E-state index in [1.54, 1.807) is 0 Å². The molecule has 84 valence electrons. The molecule has 2 saturated heterocycles. The van der Waals surface area contributed by atoms with Crippen LogP contribution in [0.3, 0.4) is 0 Å². The van der Waals surface area contributed by atoms with Crippen LogP contribution in [-0.4, -0.2) is 48.9 Å². The average molecular weight is 222 g/mol. The number of ketones is 1. The van der Waals surface area contributed by atoms with Crippen LogP contribution in [0.2, 0.25) is 0 Å². The largest absolute Gasteiger partial charge is 0.471 e. The minimum Gasteiger partial charge on any atom is -0.333 e. The maximum Gasteiger partial charge on any atom is 0.471 e. The molecule has 0 saturated carbocycles. The lowest BCUT2D eigenvalue weighted by molar-refractivity contribution is -0.195. The Morgan fingerprint density at radius 1 is 1.40 bits per heavy atom. The molecule has 1 spiro atoms. The van der Waals surface area contributed by atoms with Gasteiger partial charge in [-0.3, -0.25) is 9.59 Å². The Morgan fingerprint density at radius 2 is 2.00 bits per heavy atom. The van der Waals surface area contributed by atoms with Crippen LogP contribution < -0.4 is 5.32 Å². The minimum absolute atomic E-state index is 0.103. The summed E-state index contributed by atoms with van der Waals surface area (Å²) in [5.74, 6) is -1.96. The average Bonchev–Trinajstić information content (AvgIpc) is 2.41. The molecule has 0 aliphatic carbocycles. The molecule has 1 N–H and O–H groups in total. The van der Waals surface area contributed by atoms with Crippen LogP contribution in [0.4, 0.5) is 13.2 Å². The third kappa shape index (κ3) is 1.50. The first-order chi connectivity index (χ1) is 6.85. The summed E-state index contributed by atoms with van der Waals surface area (Å²) in [6, 6.07) is 0. The number of carbonyl (C=O) groups is 2. The predicted octanol–water partition coefficient (Wildman–Crippen LogP) is -0.450. The number of hydrogen-bond donors (Lipinski definition) is 1. The van der Waals surface area contributed by atoms with Gasteiger partial charge in [-0.2, -0.15) is 13.2 Å². The van der Waals surface area contributed by atoms with E-state index in [9.17, 15) is 22.8 Å². The maximum atomic E-state index is 12.0. The molecule has 0 unspecified atom stereocenters. The molecule has 0 bridgehead atoms. The summed E-state index contributed by atoms with van der Waals surface area (Å²) >= 11 is 0. The lowest BCUT2D eigenvalue weighted by Crippen LogP contribution is -2.64. The predicted molar refractivity (Wildman–Crippen MR) is 42.9 cm³/mol. The first-order valence-corrected chi connectivity index (χ1v) is 4.45. The highest BCUT2D eigenvalue weighted by Crippen LogP contribution is 2.35. The van der Waals surface area contributed by atoms with E-state index in [1.165, 1.54) is 0 Å². The van der Waals surface area contributed by atoms with Crippen LogP contribution in [-0.2, 0) is 9.59 Å². The number of amides is 1. The number of alkyl halides is 3. The van der Waals surface area contributed by atoms with E-state index < -0.39 is 17.5 Å². The Balaban J connectivity index is 1.99. The number of Topliss-reactive ketones (excluding diaryl/α,β-unsaturated/α-hetero) is 1. The van der Waals surface area contributed by atoms with Crippen molar-refractivity contribution < 1.29 is 22.8 Å². The highest BCUT2D eigenvalue weighted by atomic mass is 19.4. The van der Waals surface area contributed by atoms with Gasteiger partial charge in [-0.25, -0.2) is 0 Å². The SMILES string of the molecule is O=C(N1CC2(CNCC2=O)C1)C(F)(F)F. The number of likely N-dealkylation sites (tertiary alicyclic amines) is 1. The van der Waals surface area contributed by atoms with Gasteiger partial charge in [0.2, 0.25) is 0 Å². The molecule has 2 aliphatic heterocycles. The molecular formula is C8H9F3N2O2. The van der Waals surface area contributed by atoms with Crippen LogP contribution in [0.25, 0.3) is 0 Å². The Morgan fingerprint density at radius 3 is 2.40 bits per heavy atom. The summed E-state index contributed by atoms with van der Waals surface area (Å²) in [6.45, 7) is 0.329. The van der Waals surface area contributed by atoms with Gasteiger partial charge in [0.05, 0.1) is 12.0 Å². The van der Waals surface area contributed by atoms with E-state index in [0.717, 1.165) is 0 Å². The summed E-state index contributed by atoms with van der Waals surface area (Å²) in [4.78, 5) is 22.7. The summed E-state index contributed by atoms with van der Waals surface area (Å²) in [6.07, 6.45) is -4.84. The number of hydrogen-bond acceptors (Lipinski definition) is 3. The third-order valence-electron chi connectivity index (χ3n) is 2.86. The van der Waals surface area contributed by atoms with Crippen LogP contribution in [0.15, 0.2) is 0 Å². The van der Waals surface area contributed by atoms with Gasteiger partial charge in [-0.15, -0.1) is 0 Å². The van der Waals surface area contributed by atoms with E-state index >= 15 is 0 Å². The van der Waals surface area contributed by atoms with Gasteiger partial charge in [0.15, 0.2) is 5.78 Å². The topological polar surface area (TPSA) is 49.4 Å². The Hall–Kier alpha value is -1.11. The molecule has 4 nitrogen and oxygen atoms in total. The summed E-state index contributed by atoms with van der Waals surface area (Å²) in [5.41, 5.74) is -0.749. The molecule has 0 aromatic rings. The number of nitrogens with zero attached hydrogens (tertiary/aromatic N) is 1. The first-order valence-electron chi connectivity index (χ1n) is 4.45. The fourth-order valence-corrected chi connectivity index (χ4v) is 2.00. The van der Waals surface area contributed by atoms with E-state index in [2.05, 4.69) is 5.32 Å². The molecule has 1 amide bonds. The molecular weight excluding hydrogens is 213 g/mol. The van der Waals surface area contributed by atoms with Gasteiger partial charge in [0.25, 0.3) is 0 Å². The third-order valence-corrected chi connectivity index (χ3v) is 2.86. The molecule has 15 heavy (non-hydrogen) atoms. The summed E-state index contributed by atoms with van der Waals surface area (Å²) in [5, 5.41) is 2.79. The van der Waals surface area contributed by atoms with Crippen molar-refractivity contribution in [2.75, 3.05) is 26.2 Å². The molecule has 2 fully saturated rings. The molecule has 7 heteroatoms. The van der Waals surface area contributed by atoms with Gasteiger partial charge in [-0.1, -0.05) is 0 Å². The van der Waals surface area contributed by atoms with Gasteiger partial charge in [0, 0.05) is 19.6 Å². The first kappa shape index (κ1) is 10.4. The van der Waals surface area contributed by atoms with Gasteiger partial charge >= 0.3 is 12.1 Å². The smallest absolute Gasteiger partial charge is 0.333 e. The van der Waals surface area contributed by atoms with E-state index in [0.29, 0.717) is 11.4 Å². The van der Waals surface area contributed by atoms with Crippen LogP contribution >= 0.6 is 0 Å². The minimum atomic E-state index is -4.84. The van der Waals surface area contributed by atoms with Crippen molar-refractivity contribution in [1.82, 2.24) is 10.2 Å². The fourth-order valence-electron chi connectivity index (χ4n) is 2.00. The normalized spacial score (nSPS) is 24.5. The zero-order chi connectivity index (χ0) is 11.3. The highest BCUT2D eigenvalue weighted by molar-refractivity contribution is 5.93. The molecule has 0 aromatic carbocycles. The van der Waals surface area contributed by atoms with Crippen molar-refractivity contribution >= 4 is 11.7 Å². The van der Waals surface area contributed by atoms with Crippen LogP contribution in [0.1, 0.15) is 0 Å². The van der Waals surface area contributed by atoms with Gasteiger partial charge < -0.3 is 10.2 Å². The number of halogens is 3. The van der Waals surface area contributed by atoms with Crippen molar-refractivity contribution in [1.29, 1.82) is 0 Å². The van der Waals surface area contributed by atoms with Gasteiger partial charge in [-0.05, 0) is 0 Å². The Bertz CT molecular complexity index is 320. The van der Waals surface area contributed by atoms with E-state index in [4.69, 9.17) is 0 Å². The van der Waals surface area contributed by atoms with Crippen molar-refractivity contribution in [3.63, 3.8) is 0 Å². The zero-order valence-corrected chi connectivity index (χ0v) is 7.73. The van der Waals surface area contributed by atoms with E-state index in [1.807, 2.05) is 0 Å². The van der Waals surface area contributed by atoms with Gasteiger partial charge in [0.1, 0.15) is 0 Å². The lowest BCUT2D eigenvalue weighted by atomic mass is 9.78. The monoisotopic (exact) mass is 222 g/mol.